The summed E-state index contributed by atoms with van der Waals surface area (Å²) in [7, 11) is 1.50. The fourth-order valence-corrected chi connectivity index (χ4v) is 3.92. The van der Waals surface area contributed by atoms with E-state index in [4.69, 9.17) is 9.52 Å². The van der Waals surface area contributed by atoms with E-state index in [2.05, 4.69) is 29.3 Å². The zero-order valence-corrected chi connectivity index (χ0v) is 17.8. The normalized spacial score (nSPS) is 16.1. The molecule has 0 unspecified atom stereocenters. The first-order valence-electron chi connectivity index (χ1n) is 10.3. The topological polar surface area (TPSA) is 87.9 Å². The first-order valence-corrected chi connectivity index (χ1v) is 10.3. The minimum Gasteiger partial charge on any atom is -0.505 e. The third-order valence-corrected chi connectivity index (χ3v) is 5.44. The molecule has 0 saturated heterocycles. The molecule has 30 heavy (non-hydrogen) atoms. The number of aromatic nitrogens is 1. The molecule has 0 radical (unpaired) electrons. The van der Waals surface area contributed by atoms with Crippen LogP contribution in [0.2, 0.25) is 0 Å². The van der Waals surface area contributed by atoms with E-state index in [1.54, 1.807) is 6.92 Å². The highest BCUT2D eigenvalue weighted by molar-refractivity contribution is 5.87. The van der Waals surface area contributed by atoms with Gasteiger partial charge in [0.15, 0.2) is 17.3 Å². The molecule has 1 aliphatic heterocycles. The van der Waals surface area contributed by atoms with Crippen molar-refractivity contribution in [3.8, 4) is 17.1 Å². The molecule has 2 heterocycles. The molecular formula is C23H29FN4O2. The average molecular weight is 413 g/mol. The maximum absolute atomic E-state index is 13.5. The summed E-state index contributed by atoms with van der Waals surface area (Å²) in [4.78, 5) is 6.99. The Kier molecular flexibility index (Phi) is 6.72. The van der Waals surface area contributed by atoms with Gasteiger partial charge in [-0.25, -0.2) is 9.38 Å². The number of halogens is 1. The van der Waals surface area contributed by atoms with Crippen LogP contribution in [-0.2, 0) is 6.54 Å². The zero-order chi connectivity index (χ0) is 21.8. The lowest BCUT2D eigenvalue weighted by Gasteiger charge is -2.34. The third-order valence-electron chi connectivity index (χ3n) is 5.44. The number of aryl methyl sites for hydroxylation is 1. The number of benzene rings is 1. The van der Waals surface area contributed by atoms with E-state index in [0.717, 1.165) is 36.5 Å². The van der Waals surface area contributed by atoms with Crippen LogP contribution in [0.1, 0.15) is 50.3 Å². The van der Waals surface area contributed by atoms with Gasteiger partial charge < -0.3 is 20.3 Å². The van der Waals surface area contributed by atoms with Gasteiger partial charge in [-0.05, 0) is 62.9 Å². The summed E-state index contributed by atoms with van der Waals surface area (Å²) in [5, 5.41) is 13.9. The van der Waals surface area contributed by atoms with Gasteiger partial charge in [0.1, 0.15) is 11.5 Å². The van der Waals surface area contributed by atoms with Gasteiger partial charge in [-0.15, -0.1) is 0 Å². The van der Waals surface area contributed by atoms with Crippen LogP contribution in [0.3, 0.4) is 0 Å². The maximum Gasteiger partial charge on any atom is 0.167 e. The summed E-state index contributed by atoms with van der Waals surface area (Å²) >= 11 is 0. The highest BCUT2D eigenvalue weighted by atomic mass is 19.1. The van der Waals surface area contributed by atoms with Crippen LogP contribution in [-0.4, -0.2) is 28.0 Å². The van der Waals surface area contributed by atoms with Gasteiger partial charge >= 0.3 is 0 Å². The minimum absolute atomic E-state index is 0.403. The lowest BCUT2D eigenvalue weighted by molar-refractivity contribution is 0.400. The van der Waals surface area contributed by atoms with Crippen molar-refractivity contribution in [2.75, 3.05) is 7.05 Å². The van der Waals surface area contributed by atoms with E-state index < -0.39 is 11.6 Å². The average Bonchev–Trinajstić information content (AvgIpc) is 3.22. The van der Waals surface area contributed by atoms with Crippen LogP contribution in [0.25, 0.3) is 11.3 Å². The second-order valence-corrected chi connectivity index (χ2v) is 7.35. The van der Waals surface area contributed by atoms with Gasteiger partial charge in [0.2, 0.25) is 0 Å². The highest BCUT2D eigenvalue weighted by Crippen LogP contribution is 2.36. The van der Waals surface area contributed by atoms with Gasteiger partial charge in [-0.3, -0.25) is 0 Å². The molecule has 160 valence electrons. The summed E-state index contributed by atoms with van der Waals surface area (Å²) in [5.74, 6) is 0.440. The van der Waals surface area contributed by atoms with Crippen molar-refractivity contribution in [3.63, 3.8) is 0 Å². The first kappa shape index (κ1) is 21.8. The van der Waals surface area contributed by atoms with E-state index in [-0.39, 0.29) is 0 Å². The molecule has 7 heteroatoms. The first-order chi connectivity index (χ1) is 14.5. The van der Waals surface area contributed by atoms with Crippen molar-refractivity contribution >= 4 is 5.84 Å². The van der Waals surface area contributed by atoms with Crippen LogP contribution in [0.4, 0.5) is 4.39 Å². The van der Waals surface area contributed by atoms with Gasteiger partial charge in [-0.1, -0.05) is 18.7 Å². The molecule has 0 bridgehead atoms. The van der Waals surface area contributed by atoms with Crippen LogP contribution in [0.15, 0.2) is 51.3 Å². The molecule has 0 fully saturated rings. The molecule has 0 spiro atoms. The number of nitrogens with zero attached hydrogens (tertiary/aromatic N) is 3. The number of allylic oxidation sites excluding steroid dienone is 2. The predicted molar refractivity (Wildman–Crippen MR) is 116 cm³/mol. The summed E-state index contributed by atoms with van der Waals surface area (Å²) in [6.07, 6.45) is 5.20. The summed E-state index contributed by atoms with van der Waals surface area (Å²) in [5.41, 5.74) is 9.97. The molecule has 0 amide bonds. The Morgan fingerprint density at radius 1 is 1.23 bits per heavy atom. The van der Waals surface area contributed by atoms with E-state index in [1.165, 1.54) is 43.3 Å². The number of phenols is 1. The van der Waals surface area contributed by atoms with E-state index in [0.29, 0.717) is 23.4 Å². The van der Waals surface area contributed by atoms with E-state index >= 15 is 0 Å². The third kappa shape index (κ3) is 4.16. The standard InChI is InChI=1S/C22H24FN3O2.CH5N/c1-4-22-24-19-8-6-5-7-16(19)14(3)26(22)12-15-10-21(28-25-15)17-11-20(27)18(23)9-13(17)2;1-2/h9-11,27H,3-8,12H2,1-2H3;2H2,1H3. The monoisotopic (exact) mass is 412 g/mol. The van der Waals surface area contributed by atoms with E-state index in [1.807, 2.05) is 6.07 Å². The van der Waals surface area contributed by atoms with Crippen molar-refractivity contribution in [2.24, 2.45) is 10.7 Å². The number of hydrogen-bond acceptors (Lipinski definition) is 6. The number of amidine groups is 1. The number of hydrogen-bond donors (Lipinski definition) is 2. The molecule has 4 rings (SSSR count). The summed E-state index contributed by atoms with van der Waals surface area (Å²) in [6, 6.07) is 4.48. The highest BCUT2D eigenvalue weighted by Gasteiger charge is 2.27. The molecule has 3 N–H and O–H groups in total. The molecule has 1 aliphatic carbocycles. The fraction of sp³-hybridized carbons (Fsp3) is 0.391. The SMILES string of the molecule is C=C1C2=C(CCCC2)N=C(CC)N1Cc1cc(-c2cc(O)c(F)cc2C)on1.CN. The van der Waals surface area contributed by atoms with Crippen molar-refractivity contribution in [1.82, 2.24) is 10.1 Å². The minimum atomic E-state index is -0.647. The Morgan fingerprint density at radius 2 is 1.97 bits per heavy atom. The lowest BCUT2D eigenvalue weighted by atomic mass is 9.92. The maximum atomic E-state index is 13.5. The van der Waals surface area contributed by atoms with Crippen LogP contribution in [0, 0.1) is 12.7 Å². The fourth-order valence-electron chi connectivity index (χ4n) is 3.92. The molecule has 1 aromatic carbocycles. The summed E-state index contributed by atoms with van der Waals surface area (Å²) in [6.45, 7) is 8.70. The molecule has 2 aliphatic rings. The van der Waals surface area contributed by atoms with Crippen LogP contribution >= 0.6 is 0 Å². The van der Waals surface area contributed by atoms with Gasteiger partial charge in [-0.2, -0.15) is 0 Å². The van der Waals surface area contributed by atoms with Gasteiger partial charge in [0.25, 0.3) is 0 Å². The Morgan fingerprint density at radius 3 is 2.70 bits per heavy atom. The second-order valence-electron chi connectivity index (χ2n) is 7.35. The van der Waals surface area contributed by atoms with Gasteiger partial charge in [0, 0.05) is 29.4 Å². The Bertz CT molecular complexity index is 1010. The van der Waals surface area contributed by atoms with Crippen molar-refractivity contribution < 1.29 is 14.0 Å². The lowest BCUT2D eigenvalue weighted by Crippen LogP contribution is -2.33. The van der Waals surface area contributed by atoms with Crippen LogP contribution < -0.4 is 5.73 Å². The quantitative estimate of drug-likeness (QED) is 0.735. The molecular weight excluding hydrogens is 383 g/mol. The largest absolute Gasteiger partial charge is 0.505 e. The molecule has 6 nitrogen and oxygen atoms in total. The number of aromatic hydroxyl groups is 1. The Hall–Kier alpha value is -2.93. The van der Waals surface area contributed by atoms with Crippen LogP contribution in [0.5, 0.6) is 5.75 Å². The van der Waals surface area contributed by atoms with E-state index in [9.17, 15) is 9.50 Å². The van der Waals surface area contributed by atoms with Gasteiger partial charge in [0.05, 0.1) is 6.54 Å². The van der Waals surface area contributed by atoms with Crippen molar-refractivity contribution in [3.05, 3.63) is 58.8 Å². The number of phenolic OH excluding ortho intramolecular Hbond substituents is 1. The Balaban J connectivity index is 0.00000124. The summed E-state index contributed by atoms with van der Waals surface area (Å²) < 4.78 is 19.0. The molecule has 2 aromatic rings. The number of aliphatic imine (C=N–C) groups is 1. The number of rotatable bonds is 4. The number of nitrogens with two attached hydrogens (primary N) is 1. The Labute approximate surface area is 176 Å². The smallest absolute Gasteiger partial charge is 0.167 e. The van der Waals surface area contributed by atoms with Crippen molar-refractivity contribution in [1.29, 1.82) is 0 Å². The second kappa shape index (κ2) is 9.26. The molecule has 0 atom stereocenters. The zero-order valence-electron chi connectivity index (χ0n) is 17.8. The predicted octanol–water partition coefficient (Wildman–Crippen LogP) is 5.04. The van der Waals surface area contributed by atoms with Crippen molar-refractivity contribution in [2.45, 2.75) is 52.5 Å². The molecule has 0 saturated carbocycles. The molecule has 1 aromatic heterocycles.